The zero-order chi connectivity index (χ0) is 43.0. The number of ketones is 2. The highest BCUT2D eigenvalue weighted by Gasteiger charge is 2.57. The lowest BCUT2D eigenvalue weighted by atomic mass is 9.73. The Morgan fingerprint density at radius 2 is 1.47 bits per heavy atom. The standard InChI is InChI=1S/C46H76O11/c1-12-34-18-16-14-15-17-28(5)43(52)45(11,54)44(53)33(10)41(51)32(9)40(50)31(8)39(49)27(4)19-22-38(48)55-42-30(7)36(21-20-34)56-46(35(42)13-2)24-23-26(3)37(57-46)25-29(6)47/h14-16,18-19,22,26-37,39,41-43,47,49,51-52,54H,12-13,17,20-21,23-25H2,1-11H3/b15-14+,18-16+,22-19+/t26-,27-,28+,29+,30+,31-,32-,33-,34-,35-,36?,37-,39+,41+,42+,43-,45+,46?/m1/s1. The molecule has 1 spiro atoms. The fraction of sp³-hybridized carbons (Fsp3) is 0.804. The predicted molar refractivity (Wildman–Crippen MR) is 220 cm³/mol. The Bertz CT molecular complexity index is 1400. The highest BCUT2D eigenvalue weighted by molar-refractivity contribution is 5.91. The number of esters is 1. The van der Waals surface area contributed by atoms with Gasteiger partial charge < -0.3 is 39.7 Å². The Morgan fingerprint density at radius 3 is 2.09 bits per heavy atom. The molecular formula is C46H76O11. The Balaban J connectivity index is 2.02. The number of fused-ring (bicyclic) bond motifs is 2. The van der Waals surface area contributed by atoms with E-state index in [-0.39, 0.29) is 35.9 Å². The van der Waals surface area contributed by atoms with Crippen LogP contribution in [0.3, 0.4) is 0 Å². The third-order valence-corrected chi connectivity index (χ3v) is 13.6. The molecule has 11 heteroatoms. The molecule has 0 saturated carbocycles. The summed E-state index contributed by atoms with van der Waals surface area (Å²) in [5, 5.41) is 55.2. The van der Waals surface area contributed by atoms with Gasteiger partial charge in [0.25, 0.3) is 0 Å². The summed E-state index contributed by atoms with van der Waals surface area (Å²) in [6, 6.07) is 0. The summed E-state index contributed by atoms with van der Waals surface area (Å²) in [7, 11) is 0. The quantitative estimate of drug-likeness (QED) is 0.202. The summed E-state index contributed by atoms with van der Waals surface area (Å²) in [5.41, 5.74) is -2.18. The second-order valence-corrected chi connectivity index (χ2v) is 18.2. The number of rotatable bonds is 4. The normalized spacial score (nSPS) is 46.2. The number of Topliss-reactive ketones (excluding diaryl/α,β-unsaturated/α-hetero) is 2. The van der Waals surface area contributed by atoms with Crippen molar-refractivity contribution in [3.8, 4) is 0 Å². The second-order valence-electron chi connectivity index (χ2n) is 18.2. The maximum atomic E-state index is 13.6. The molecule has 0 aromatic heterocycles. The molecule has 5 N–H and O–H groups in total. The molecule has 0 aliphatic carbocycles. The van der Waals surface area contributed by atoms with E-state index in [0.717, 1.165) is 19.3 Å². The van der Waals surface area contributed by atoms with Gasteiger partial charge in [-0.05, 0) is 76.5 Å². The largest absolute Gasteiger partial charge is 0.458 e. The van der Waals surface area contributed by atoms with E-state index in [1.807, 2.05) is 25.2 Å². The van der Waals surface area contributed by atoms with Crippen molar-refractivity contribution < 1.29 is 54.1 Å². The van der Waals surface area contributed by atoms with Crippen LogP contribution in [-0.4, -0.2) is 97.2 Å². The van der Waals surface area contributed by atoms with Gasteiger partial charge in [0.05, 0.1) is 42.5 Å². The van der Waals surface area contributed by atoms with E-state index in [4.69, 9.17) is 14.2 Å². The molecule has 2 bridgehead atoms. The molecule has 2 fully saturated rings. The van der Waals surface area contributed by atoms with E-state index in [1.165, 1.54) is 32.9 Å². The third kappa shape index (κ3) is 12.0. The number of aliphatic hydroxyl groups excluding tert-OH is 4. The molecular weight excluding hydrogens is 728 g/mol. The van der Waals surface area contributed by atoms with E-state index in [9.17, 15) is 39.9 Å². The number of ether oxygens (including phenoxy) is 3. The summed E-state index contributed by atoms with van der Waals surface area (Å²) >= 11 is 0. The van der Waals surface area contributed by atoms with Crippen LogP contribution >= 0.6 is 0 Å². The molecule has 0 aromatic carbocycles. The Morgan fingerprint density at radius 1 is 0.825 bits per heavy atom. The Hall–Kier alpha value is -2.25. The minimum atomic E-state index is -2.18. The summed E-state index contributed by atoms with van der Waals surface area (Å²) in [6.45, 7) is 19.2. The summed E-state index contributed by atoms with van der Waals surface area (Å²) < 4.78 is 20.3. The molecule has 2 unspecified atom stereocenters. The molecule has 57 heavy (non-hydrogen) atoms. The molecule has 0 amide bonds. The van der Waals surface area contributed by atoms with Crippen molar-refractivity contribution in [2.75, 3.05) is 0 Å². The van der Waals surface area contributed by atoms with Gasteiger partial charge in [-0.3, -0.25) is 9.59 Å². The van der Waals surface area contributed by atoms with Crippen molar-refractivity contribution in [1.82, 2.24) is 0 Å². The highest BCUT2D eigenvalue weighted by Crippen LogP contribution is 2.50. The summed E-state index contributed by atoms with van der Waals surface area (Å²) in [5.74, 6) is -7.21. The molecule has 11 nitrogen and oxygen atoms in total. The molecule has 0 radical (unpaired) electrons. The maximum absolute atomic E-state index is 13.6. The first-order chi connectivity index (χ1) is 26.6. The predicted octanol–water partition coefficient (Wildman–Crippen LogP) is 6.27. The number of aliphatic hydroxyl groups is 5. The SMILES string of the molecule is CC[C@@H]1/C=C/C=C/C[C@H](C)[C@@H](O)[C@](C)(O)C(=O)[C@H](C)[C@@H](O)[C@H](C)C(=O)[C@H](C)[C@@H](O)[C@H](C)/C=C/C(=O)O[C@@H]2[C@@H](CC)C3(CC[C@@H](C)[C@@H](C[C@H](C)O)O3)OC(CC1)[C@@H]2C. The van der Waals surface area contributed by atoms with Crippen LogP contribution in [0.15, 0.2) is 36.5 Å². The lowest BCUT2D eigenvalue weighted by Crippen LogP contribution is -2.63. The van der Waals surface area contributed by atoms with Gasteiger partial charge in [0.2, 0.25) is 0 Å². The monoisotopic (exact) mass is 805 g/mol. The molecule has 326 valence electrons. The van der Waals surface area contributed by atoms with E-state index in [0.29, 0.717) is 32.1 Å². The van der Waals surface area contributed by atoms with E-state index in [1.54, 1.807) is 27.7 Å². The van der Waals surface area contributed by atoms with Crippen molar-refractivity contribution in [2.24, 2.45) is 53.3 Å². The van der Waals surface area contributed by atoms with Crippen molar-refractivity contribution in [3.63, 3.8) is 0 Å². The van der Waals surface area contributed by atoms with Gasteiger partial charge in [0, 0.05) is 42.1 Å². The van der Waals surface area contributed by atoms with Crippen LogP contribution in [0.25, 0.3) is 0 Å². The van der Waals surface area contributed by atoms with Gasteiger partial charge in [-0.25, -0.2) is 4.79 Å². The van der Waals surface area contributed by atoms with E-state index >= 15 is 0 Å². The van der Waals surface area contributed by atoms with Crippen molar-refractivity contribution in [2.45, 2.75) is 182 Å². The zero-order valence-corrected chi connectivity index (χ0v) is 36.5. The lowest BCUT2D eigenvalue weighted by molar-refractivity contribution is -0.374. The first-order valence-electron chi connectivity index (χ1n) is 21.7. The van der Waals surface area contributed by atoms with Crippen LogP contribution in [0.2, 0.25) is 0 Å². The average molecular weight is 805 g/mol. The van der Waals surface area contributed by atoms with Crippen LogP contribution in [0.5, 0.6) is 0 Å². The average Bonchev–Trinajstić information content (AvgIpc) is 3.17. The van der Waals surface area contributed by atoms with E-state index in [2.05, 4.69) is 26.8 Å². The van der Waals surface area contributed by atoms with Crippen LogP contribution in [0.1, 0.15) is 128 Å². The Kier molecular flexibility index (Phi) is 18.4. The van der Waals surface area contributed by atoms with Gasteiger partial charge in [-0.1, -0.05) is 92.7 Å². The van der Waals surface area contributed by atoms with Crippen LogP contribution < -0.4 is 0 Å². The summed E-state index contributed by atoms with van der Waals surface area (Å²) in [6.07, 6.45) is 10.3. The minimum absolute atomic E-state index is 0.163. The van der Waals surface area contributed by atoms with Crippen LogP contribution in [0.4, 0.5) is 0 Å². The van der Waals surface area contributed by atoms with Crippen molar-refractivity contribution >= 4 is 17.5 Å². The maximum Gasteiger partial charge on any atom is 0.330 e. The van der Waals surface area contributed by atoms with E-state index < -0.39 is 89.0 Å². The second kappa shape index (κ2) is 21.3. The number of hydrogen-bond acceptors (Lipinski definition) is 11. The van der Waals surface area contributed by atoms with Gasteiger partial charge in [-0.2, -0.15) is 0 Å². The van der Waals surface area contributed by atoms with Crippen LogP contribution in [-0.2, 0) is 28.6 Å². The summed E-state index contributed by atoms with van der Waals surface area (Å²) in [4.78, 5) is 40.7. The molecule has 3 aliphatic rings. The first kappa shape index (κ1) is 49.1. The number of carbonyl (C=O) groups excluding carboxylic acids is 3. The van der Waals surface area contributed by atoms with Gasteiger partial charge in [-0.15, -0.1) is 0 Å². The minimum Gasteiger partial charge on any atom is -0.458 e. The molecule has 3 heterocycles. The van der Waals surface area contributed by atoms with Gasteiger partial charge in [0.1, 0.15) is 17.5 Å². The van der Waals surface area contributed by atoms with Gasteiger partial charge >= 0.3 is 5.97 Å². The Labute approximate surface area is 342 Å². The number of allylic oxidation sites excluding steroid dienone is 4. The molecule has 3 rings (SSSR count). The van der Waals surface area contributed by atoms with Crippen molar-refractivity contribution in [1.29, 1.82) is 0 Å². The fourth-order valence-electron chi connectivity index (χ4n) is 9.37. The number of carbonyl (C=O) groups is 3. The van der Waals surface area contributed by atoms with Crippen molar-refractivity contribution in [3.05, 3.63) is 36.5 Å². The molecule has 18 atom stereocenters. The lowest BCUT2D eigenvalue weighted by Gasteiger charge is -2.56. The first-order valence-corrected chi connectivity index (χ1v) is 21.7. The molecule has 3 aliphatic heterocycles. The zero-order valence-electron chi connectivity index (χ0n) is 36.5. The fourth-order valence-corrected chi connectivity index (χ4v) is 9.37. The molecule has 0 aromatic rings. The third-order valence-electron chi connectivity index (χ3n) is 13.6. The highest BCUT2D eigenvalue weighted by atomic mass is 16.7. The molecule has 2 saturated heterocycles. The number of hydrogen-bond donors (Lipinski definition) is 5. The smallest absolute Gasteiger partial charge is 0.330 e. The van der Waals surface area contributed by atoms with Crippen LogP contribution in [0, 0.1) is 53.3 Å². The van der Waals surface area contributed by atoms with Gasteiger partial charge in [0.15, 0.2) is 11.6 Å². The topological polar surface area (TPSA) is 180 Å².